The van der Waals surface area contributed by atoms with E-state index < -0.39 is 16.2 Å². The molecule has 0 saturated heterocycles. The Hall–Kier alpha value is -1.71. The van der Waals surface area contributed by atoms with Crippen LogP contribution in [0.4, 0.5) is 0 Å². The van der Waals surface area contributed by atoms with Crippen molar-refractivity contribution < 1.29 is 42.8 Å². The van der Waals surface area contributed by atoms with Gasteiger partial charge in [-0.3, -0.25) is 14.4 Å². The van der Waals surface area contributed by atoms with Crippen LogP contribution in [0.1, 0.15) is 114 Å². The van der Waals surface area contributed by atoms with Crippen molar-refractivity contribution in [2.24, 2.45) is 39.9 Å². The molecule has 0 unspecified atom stereocenters. The lowest BCUT2D eigenvalue weighted by Gasteiger charge is -2.53. The van der Waals surface area contributed by atoms with Gasteiger partial charge in [-0.2, -0.15) is 0 Å². The topological polar surface area (TPSA) is 107 Å². The van der Waals surface area contributed by atoms with E-state index in [9.17, 15) is 14.4 Å². The number of hydrogen-bond donors (Lipinski definition) is 0. The second-order valence-corrected chi connectivity index (χ2v) is 14.2. The molecule has 0 N–H and O–H groups in total. The summed E-state index contributed by atoms with van der Waals surface area (Å²) in [6.07, 6.45) is 9.36. The molecule has 0 heterocycles. The minimum atomic E-state index is -0.500. The Morgan fingerprint density at radius 3 is 1.21 bits per heavy atom. The quantitative estimate of drug-likeness (QED) is 0.0834. The monoisotopic (exact) mass is 598 g/mol. The first-order chi connectivity index (χ1) is 19.7. The molecule has 0 spiro atoms. The average Bonchev–Trinajstić information content (AvgIpc) is 2.95. The van der Waals surface area contributed by atoms with Gasteiger partial charge in [0.15, 0.2) is 20.4 Å². The van der Waals surface area contributed by atoms with Crippen LogP contribution >= 0.6 is 0 Å². The Morgan fingerprint density at radius 1 is 0.548 bits per heavy atom. The molecule has 0 aromatic heterocycles. The summed E-state index contributed by atoms with van der Waals surface area (Å²) in [6, 6.07) is 0. The van der Waals surface area contributed by atoms with Gasteiger partial charge in [0.05, 0.1) is 35.6 Å². The molecule has 9 nitrogen and oxygen atoms in total. The normalized spacial score (nSPS) is 24.9. The van der Waals surface area contributed by atoms with Crippen LogP contribution in [-0.2, 0) is 42.8 Å². The highest BCUT2D eigenvalue weighted by molar-refractivity contribution is 5.76. The van der Waals surface area contributed by atoms with Gasteiger partial charge in [-0.1, -0.05) is 20.8 Å². The number of ether oxygens (including phenoxy) is 6. The fourth-order valence-corrected chi connectivity index (χ4v) is 5.76. The second kappa shape index (κ2) is 16.4. The molecule has 244 valence electrons. The number of carbonyl (C=O) groups is 3. The fraction of sp³-hybridized carbons (Fsp3) is 0.909. The molecular formula is C33H58O9. The predicted octanol–water partition coefficient (Wildman–Crippen LogP) is 6.66. The summed E-state index contributed by atoms with van der Waals surface area (Å²) >= 11 is 0. The van der Waals surface area contributed by atoms with Gasteiger partial charge < -0.3 is 28.4 Å². The van der Waals surface area contributed by atoms with Crippen molar-refractivity contribution in [2.45, 2.75) is 120 Å². The molecule has 0 atom stereocenters. The Labute approximate surface area is 254 Å². The van der Waals surface area contributed by atoms with Crippen molar-refractivity contribution in [3.8, 4) is 0 Å². The van der Waals surface area contributed by atoms with Gasteiger partial charge in [0.2, 0.25) is 0 Å². The van der Waals surface area contributed by atoms with E-state index in [1.54, 1.807) is 0 Å². The van der Waals surface area contributed by atoms with Crippen LogP contribution in [0, 0.1) is 39.9 Å². The standard InChI is InChI=1S/C17H28O3.C16H30O6/c1-4-17(2,3)16(18)20-10-19-15-13-6-11-5-12(8-13)9-14(15)7-11;1-7-15(3,4)13(17)21-11-19-9-10-20-12-22-14(18)16(5,6)8-2/h11-15H,4-10H2,1-3H3;7-12H2,1-6H3. The van der Waals surface area contributed by atoms with Gasteiger partial charge >= 0.3 is 17.9 Å². The van der Waals surface area contributed by atoms with E-state index in [0.717, 1.165) is 30.1 Å². The SMILES string of the molecule is CCC(C)(C)C(=O)OCOC1C2CC3CC(C2)CC1C3.CCC(C)(C)C(=O)OCOCCOCOC(=O)C(C)(C)CC. The van der Waals surface area contributed by atoms with Crippen molar-refractivity contribution in [2.75, 3.05) is 33.6 Å². The van der Waals surface area contributed by atoms with E-state index >= 15 is 0 Å². The van der Waals surface area contributed by atoms with Crippen LogP contribution in [0.25, 0.3) is 0 Å². The molecule has 0 aliphatic heterocycles. The summed E-state index contributed by atoms with van der Waals surface area (Å²) in [6.45, 7) is 17.5. The summed E-state index contributed by atoms with van der Waals surface area (Å²) in [7, 11) is 0. The maximum atomic E-state index is 11.9. The van der Waals surface area contributed by atoms with E-state index in [4.69, 9.17) is 28.4 Å². The van der Waals surface area contributed by atoms with Crippen LogP contribution in [0.15, 0.2) is 0 Å². The Bertz CT molecular complexity index is 802. The molecule has 0 radical (unpaired) electrons. The zero-order valence-corrected chi connectivity index (χ0v) is 27.8. The second-order valence-electron chi connectivity index (χ2n) is 14.2. The van der Waals surface area contributed by atoms with Gasteiger partial charge in [-0.05, 0) is 117 Å². The Kier molecular flexibility index (Phi) is 14.2. The van der Waals surface area contributed by atoms with Gasteiger partial charge in [-0.15, -0.1) is 0 Å². The Balaban J connectivity index is 0.000000294. The van der Waals surface area contributed by atoms with E-state index in [1.165, 1.54) is 32.1 Å². The van der Waals surface area contributed by atoms with Crippen LogP contribution < -0.4 is 0 Å². The molecule has 4 rings (SSSR count). The predicted molar refractivity (Wildman–Crippen MR) is 159 cm³/mol. The van der Waals surface area contributed by atoms with Gasteiger partial charge in [0.1, 0.15) is 0 Å². The maximum Gasteiger partial charge on any atom is 0.313 e. The number of hydrogen-bond acceptors (Lipinski definition) is 9. The molecule has 0 aromatic carbocycles. The summed E-state index contributed by atoms with van der Waals surface area (Å²) in [5.41, 5.74) is -1.40. The Morgan fingerprint density at radius 2 is 0.881 bits per heavy atom. The molecule has 4 aliphatic rings. The minimum absolute atomic E-state index is 0.103. The zero-order valence-electron chi connectivity index (χ0n) is 27.8. The van der Waals surface area contributed by atoms with Crippen molar-refractivity contribution in [3.05, 3.63) is 0 Å². The van der Waals surface area contributed by atoms with Crippen LogP contribution in [0.3, 0.4) is 0 Å². The van der Waals surface area contributed by atoms with Crippen LogP contribution in [0.5, 0.6) is 0 Å². The van der Waals surface area contributed by atoms with E-state index in [2.05, 4.69) is 0 Å². The van der Waals surface area contributed by atoms with Gasteiger partial charge in [-0.25, -0.2) is 0 Å². The first kappa shape index (κ1) is 36.5. The summed E-state index contributed by atoms with van der Waals surface area (Å²) in [5, 5.41) is 0. The van der Waals surface area contributed by atoms with Crippen molar-refractivity contribution in [1.29, 1.82) is 0 Å². The highest BCUT2D eigenvalue weighted by Crippen LogP contribution is 2.54. The van der Waals surface area contributed by atoms with Crippen LogP contribution in [0.2, 0.25) is 0 Å². The first-order valence-electron chi connectivity index (χ1n) is 16.0. The minimum Gasteiger partial charge on any atom is -0.438 e. The van der Waals surface area contributed by atoms with Crippen molar-refractivity contribution >= 4 is 17.9 Å². The largest absolute Gasteiger partial charge is 0.438 e. The number of esters is 3. The average molecular weight is 599 g/mol. The summed E-state index contributed by atoms with van der Waals surface area (Å²) in [5.74, 6) is 2.66. The molecule has 42 heavy (non-hydrogen) atoms. The summed E-state index contributed by atoms with van der Waals surface area (Å²) in [4.78, 5) is 35.2. The molecule has 9 heteroatoms. The molecule has 4 saturated carbocycles. The lowest BCUT2D eigenvalue weighted by Crippen LogP contribution is -2.49. The third kappa shape index (κ3) is 10.8. The van der Waals surface area contributed by atoms with Gasteiger partial charge in [0.25, 0.3) is 0 Å². The molecule has 0 aromatic rings. The molecule has 4 aliphatic carbocycles. The van der Waals surface area contributed by atoms with Crippen molar-refractivity contribution in [3.63, 3.8) is 0 Å². The number of rotatable bonds is 16. The first-order valence-corrected chi connectivity index (χ1v) is 16.0. The van der Waals surface area contributed by atoms with Crippen molar-refractivity contribution in [1.82, 2.24) is 0 Å². The van der Waals surface area contributed by atoms with Crippen LogP contribution in [-0.4, -0.2) is 57.6 Å². The highest BCUT2D eigenvalue weighted by Gasteiger charge is 2.49. The lowest BCUT2D eigenvalue weighted by molar-refractivity contribution is -0.193. The molecular weight excluding hydrogens is 540 g/mol. The lowest BCUT2D eigenvalue weighted by atomic mass is 9.55. The van der Waals surface area contributed by atoms with E-state index in [-0.39, 0.29) is 51.5 Å². The smallest absolute Gasteiger partial charge is 0.313 e. The third-order valence-electron chi connectivity index (χ3n) is 9.82. The van der Waals surface area contributed by atoms with E-state index in [0.29, 0.717) is 18.9 Å². The molecule has 4 bridgehead atoms. The molecule has 4 fully saturated rings. The fourth-order valence-electron chi connectivity index (χ4n) is 5.76. The zero-order chi connectivity index (χ0) is 31.6. The molecule has 0 amide bonds. The number of carbonyl (C=O) groups excluding carboxylic acids is 3. The van der Waals surface area contributed by atoms with Gasteiger partial charge in [0, 0.05) is 0 Å². The highest BCUT2D eigenvalue weighted by atomic mass is 16.7. The third-order valence-corrected chi connectivity index (χ3v) is 9.82. The summed E-state index contributed by atoms with van der Waals surface area (Å²) < 4.78 is 31.6. The maximum absolute atomic E-state index is 11.9. The van der Waals surface area contributed by atoms with E-state index in [1.807, 2.05) is 62.3 Å².